The molecule has 4 aliphatic rings. The van der Waals surface area contributed by atoms with Crippen molar-refractivity contribution in [3.63, 3.8) is 0 Å². The lowest BCUT2D eigenvalue weighted by Gasteiger charge is -2.36. The van der Waals surface area contributed by atoms with E-state index < -0.39 is 47.7 Å². The number of aliphatic hydroxyl groups excluding tert-OH is 1. The third-order valence-electron chi connectivity index (χ3n) is 10.3. The number of aliphatic hydroxyl groups is 1. The average molecular weight is 656 g/mol. The van der Waals surface area contributed by atoms with Crippen molar-refractivity contribution >= 4 is 23.7 Å². The van der Waals surface area contributed by atoms with Crippen LogP contribution in [0.5, 0.6) is 0 Å². The third kappa shape index (κ3) is 6.31. The first-order chi connectivity index (χ1) is 23.3. The molecule has 0 saturated carbocycles. The maximum atomic E-state index is 14.8. The maximum absolute atomic E-state index is 14.8. The number of benzene rings is 2. The summed E-state index contributed by atoms with van der Waals surface area (Å²) in [6.45, 7) is 2.78. The van der Waals surface area contributed by atoms with Crippen LogP contribution in [0.3, 0.4) is 0 Å². The van der Waals surface area contributed by atoms with E-state index in [0.29, 0.717) is 38.8 Å². The molecule has 5 bridgehead atoms. The Bertz CT molecular complexity index is 1550. The number of likely N-dealkylation sites (N-methyl/N-ethyl adjacent to an activating group) is 1. The number of hydrogen-bond donors (Lipinski definition) is 1. The lowest BCUT2D eigenvalue weighted by atomic mass is 9.74. The highest BCUT2D eigenvalue weighted by atomic mass is 16.6. The summed E-state index contributed by atoms with van der Waals surface area (Å²) >= 11 is 0. The van der Waals surface area contributed by atoms with Gasteiger partial charge in [0.1, 0.15) is 23.7 Å². The van der Waals surface area contributed by atoms with Crippen molar-refractivity contribution in [3.05, 3.63) is 96.1 Å². The number of hydrogen-bond acceptors (Lipinski definition) is 7. The van der Waals surface area contributed by atoms with Crippen molar-refractivity contribution in [1.82, 2.24) is 14.7 Å². The highest BCUT2D eigenvalue weighted by Gasteiger charge is 2.73. The standard InChI is InChI=1S/C38H45N3O7/c1-26-33(28-17-9-4-10-18-28)47-37(46)31-29-20-21-38(48-29)32(31)35(44)41(23-13-6-14-24-42)34(38)36(45)40(25-27-15-7-3-8-16-27)22-12-5-11-19-30(43)39(26)2/h3-5,7-10,12,15-18,20-21,26,29,31-34,42H,6,11,13-14,19,22-25H2,1-2H3/b12-5-/t26-,29+,31-,32-,33+,34+,38-/m1/s1. The zero-order chi connectivity index (χ0) is 33.8. The van der Waals surface area contributed by atoms with E-state index in [0.717, 1.165) is 11.1 Å². The van der Waals surface area contributed by atoms with E-state index in [2.05, 4.69) is 0 Å². The molecule has 4 aliphatic heterocycles. The smallest absolute Gasteiger partial charge is 0.313 e. The van der Waals surface area contributed by atoms with Gasteiger partial charge in [-0.15, -0.1) is 0 Å². The Morgan fingerprint density at radius 1 is 0.917 bits per heavy atom. The number of carbonyl (C=O) groups excluding carboxylic acids is 4. The molecule has 2 aromatic rings. The van der Waals surface area contributed by atoms with Crippen LogP contribution in [0, 0.1) is 11.8 Å². The first-order valence-corrected chi connectivity index (χ1v) is 17.0. The summed E-state index contributed by atoms with van der Waals surface area (Å²) in [5.41, 5.74) is 0.342. The van der Waals surface area contributed by atoms with Crippen LogP contribution in [0.2, 0.25) is 0 Å². The van der Waals surface area contributed by atoms with Gasteiger partial charge < -0.3 is 29.3 Å². The van der Waals surface area contributed by atoms with Crippen molar-refractivity contribution < 1.29 is 33.8 Å². The molecule has 0 aliphatic carbocycles. The van der Waals surface area contributed by atoms with Gasteiger partial charge in [0.05, 0.1) is 18.1 Å². The number of carbonyl (C=O) groups is 4. The average Bonchev–Trinajstić information content (AvgIpc) is 3.75. The molecule has 1 spiro atoms. The molecular weight excluding hydrogens is 610 g/mol. The van der Waals surface area contributed by atoms with Crippen LogP contribution < -0.4 is 0 Å². The summed E-state index contributed by atoms with van der Waals surface area (Å²) in [7, 11) is 1.72. The van der Waals surface area contributed by atoms with Crippen molar-refractivity contribution in [3.8, 4) is 0 Å². The number of rotatable bonds is 8. The van der Waals surface area contributed by atoms with E-state index in [-0.39, 0.29) is 37.3 Å². The zero-order valence-electron chi connectivity index (χ0n) is 27.6. The Hall–Kier alpha value is -4.28. The number of fused-ring (bicyclic) bond motifs is 2. The van der Waals surface area contributed by atoms with Gasteiger partial charge in [-0.2, -0.15) is 0 Å². The number of unbranched alkanes of at least 4 members (excludes halogenated alkanes) is 2. The van der Waals surface area contributed by atoms with E-state index in [9.17, 15) is 24.3 Å². The monoisotopic (exact) mass is 655 g/mol. The van der Waals surface area contributed by atoms with Gasteiger partial charge in [-0.1, -0.05) is 85.0 Å². The van der Waals surface area contributed by atoms with Crippen molar-refractivity contribution in [1.29, 1.82) is 0 Å². The number of ether oxygens (including phenoxy) is 2. The van der Waals surface area contributed by atoms with Crippen molar-refractivity contribution in [2.24, 2.45) is 11.8 Å². The summed E-state index contributed by atoms with van der Waals surface area (Å²) in [6.07, 6.45) is 8.49. The third-order valence-corrected chi connectivity index (χ3v) is 10.3. The van der Waals surface area contributed by atoms with Gasteiger partial charge in [-0.05, 0) is 43.7 Å². The molecule has 0 radical (unpaired) electrons. The molecular formula is C38H45N3O7. The molecule has 0 unspecified atom stereocenters. The summed E-state index contributed by atoms with van der Waals surface area (Å²) in [5, 5.41) is 9.37. The van der Waals surface area contributed by atoms with Crippen LogP contribution >= 0.6 is 0 Å². The normalized spacial score (nSPS) is 31.4. The molecule has 2 aromatic carbocycles. The second kappa shape index (κ2) is 14.5. The fraction of sp³-hybridized carbons (Fsp3) is 0.474. The van der Waals surface area contributed by atoms with Crippen LogP contribution in [0.15, 0.2) is 85.0 Å². The minimum atomic E-state index is -1.33. The molecule has 2 saturated heterocycles. The number of nitrogens with zero attached hydrogens (tertiary/aromatic N) is 3. The Morgan fingerprint density at radius 3 is 2.38 bits per heavy atom. The second-order valence-electron chi connectivity index (χ2n) is 13.2. The number of allylic oxidation sites excluding steroid dienone is 1. The highest BCUT2D eigenvalue weighted by Crippen LogP contribution is 2.56. The Morgan fingerprint density at radius 2 is 1.65 bits per heavy atom. The lowest BCUT2D eigenvalue weighted by molar-refractivity contribution is -0.164. The summed E-state index contributed by atoms with van der Waals surface area (Å²) in [5.74, 6) is -3.16. The molecule has 2 fully saturated rings. The van der Waals surface area contributed by atoms with Gasteiger partial charge in [0.15, 0.2) is 0 Å². The summed E-state index contributed by atoms with van der Waals surface area (Å²) in [6, 6.07) is 17.5. The first-order valence-electron chi connectivity index (χ1n) is 17.0. The van der Waals surface area contributed by atoms with Crippen LogP contribution in [0.4, 0.5) is 0 Å². The number of cyclic esters (lactones) is 1. The van der Waals surface area contributed by atoms with Gasteiger partial charge in [-0.3, -0.25) is 19.2 Å². The van der Waals surface area contributed by atoms with Gasteiger partial charge in [0.2, 0.25) is 17.7 Å². The van der Waals surface area contributed by atoms with Gasteiger partial charge in [-0.25, -0.2) is 0 Å². The summed E-state index contributed by atoms with van der Waals surface area (Å²) < 4.78 is 12.9. The molecule has 254 valence electrons. The van der Waals surface area contributed by atoms with E-state index in [1.54, 1.807) is 27.8 Å². The largest absolute Gasteiger partial charge is 0.455 e. The quantitative estimate of drug-likeness (QED) is 0.261. The topological polar surface area (TPSA) is 117 Å². The molecule has 10 heteroatoms. The number of amides is 3. The SMILES string of the molecule is C[C@@H]1[C@@H](c2ccccc2)OC(=O)[C@@H]2[C@@H]3C=C[C@]4(O3)[C@H](C(=O)N(Cc3ccccc3)C/C=C\CCC(=O)N1C)N(CCCCCO)C(=O)[C@@H]24. The second-order valence-corrected chi connectivity index (χ2v) is 13.2. The molecule has 0 aromatic heterocycles. The van der Waals surface area contributed by atoms with Gasteiger partial charge in [0, 0.05) is 39.7 Å². The first kappa shape index (κ1) is 33.6. The zero-order valence-corrected chi connectivity index (χ0v) is 27.6. The van der Waals surface area contributed by atoms with Gasteiger partial charge >= 0.3 is 5.97 Å². The Labute approximate surface area is 282 Å². The van der Waals surface area contributed by atoms with E-state index in [1.165, 1.54) is 0 Å². The lowest BCUT2D eigenvalue weighted by Crippen LogP contribution is -2.55. The molecule has 10 nitrogen and oxygen atoms in total. The van der Waals surface area contributed by atoms with Crippen LogP contribution in [0.25, 0.3) is 0 Å². The molecule has 3 amide bonds. The molecule has 48 heavy (non-hydrogen) atoms. The van der Waals surface area contributed by atoms with E-state index >= 15 is 0 Å². The minimum Gasteiger partial charge on any atom is -0.455 e. The van der Waals surface area contributed by atoms with Crippen molar-refractivity contribution in [2.45, 2.75) is 75.5 Å². The van der Waals surface area contributed by atoms with E-state index in [4.69, 9.17) is 9.47 Å². The molecule has 6 rings (SSSR count). The molecule has 1 N–H and O–H groups in total. The fourth-order valence-electron chi connectivity index (χ4n) is 7.66. The maximum Gasteiger partial charge on any atom is 0.313 e. The predicted molar refractivity (Wildman–Crippen MR) is 178 cm³/mol. The van der Waals surface area contributed by atoms with Crippen LogP contribution in [0.1, 0.15) is 56.3 Å². The predicted octanol–water partition coefficient (Wildman–Crippen LogP) is 3.81. The number of likely N-dealkylation sites (tertiary alicyclic amines) is 1. The van der Waals surface area contributed by atoms with Crippen LogP contribution in [-0.4, -0.2) is 94.0 Å². The summed E-state index contributed by atoms with van der Waals surface area (Å²) in [4.78, 5) is 61.8. The Kier molecular flexibility index (Phi) is 10.1. The Balaban J connectivity index is 1.41. The van der Waals surface area contributed by atoms with Crippen LogP contribution in [-0.2, 0) is 35.2 Å². The number of esters is 1. The van der Waals surface area contributed by atoms with Gasteiger partial charge in [0.25, 0.3) is 0 Å². The van der Waals surface area contributed by atoms with Crippen molar-refractivity contribution in [2.75, 3.05) is 26.7 Å². The van der Waals surface area contributed by atoms with E-state index in [1.807, 2.05) is 85.8 Å². The fourth-order valence-corrected chi connectivity index (χ4v) is 7.66. The minimum absolute atomic E-state index is 0.0449. The highest BCUT2D eigenvalue weighted by molar-refractivity contribution is 5.99. The molecule has 7 atom stereocenters. The molecule has 4 heterocycles.